The minimum Gasteiger partial charge on any atom is -0.480 e. The van der Waals surface area contributed by atoms with Crippen LogP contribution in [0.2, 0.25) is 0 Å². The summed E-state index contributed by atoms with van der Waals surface area (Å²) in [6.07, 6.45) is 2.56. The van der Waals surface area contributed by atoms with Crippen LogP contribution in [0.25, 0.3) is 0 Å². The molecule has 0 atom stereocenters. The van der Waals surface area contributed by atoms with Gasteiger partial charge in [0.15, 0.2) is 0 Å². The van der Waals surface area contributed by atoms with Crippen LogP contribution in [-0.2, 0) is 16.0 Å². The van der Waals surface area contributed by atoms with Crippen molar-refractivity contribution >= 4 is 23.2 Å². The highest BCUT2D eigenvalue weighted by Gasteiger charge is 2.12. The van der Waals surface area contributed by atoms with Gasteiger partial charge in [0, 0.05) is 31.5 Å². The molecule has 15 heavy (non-hydrogen) atoms. The molecule has 0 radical (unpaired) electrons. The number of nitrogens with zero attached hydrogens (tertiary/aromatic N) is 2. The van der Waals surface area contributed by atoms with Gasteiger partial charge in [-0.05, 0) is 0 Å². The van der Waals surface area contributed by atoms with Gasteiger partial charge in [0.25, 0.3) is 0 Å². The van der Waals surface area contributed by atoms with Gasteiger partial charge < -0.3 is 10.0 Å². The molecule has 0 unspecified atom stereocenters. The van der Waals surface area contributed by atoms with Gasteiger partial charge in [-0.25, -0.2) is 4.98 Å². The second kappa shape index (κ2) is 5.45. The van der Waals surface area contributed by atoms with E-state index in [1.54, 1.807) is 6.20 Å². The first-order valence-corrected chi connectivity index (χ1v) is 5.31. The largest absolute Gasteiger partial charge is 0.480 e. The lowest BCUT2D eigenvalue weighted by molar-refractivity contribution is -0.143. The summed E-state index contributed by atoms with van der Waals surface area (Å²) in [6.45, 7) is -0.253. The van der Waals surface area contributed by atoms with Crippen LogP contribution in [0.5, 0.6) is 0 Å². The second-order valence-electron chi connectivity index (χ2n) is 3.07. The summed E-state index contributed by atoms with van der Waals surface area (Å²) in [5, 5.41) is 11.2. The third-order valence-electron chi connectivity index (χ3n) is 1.83. The zero-order valence-corrected chi connectivity index (χ0v) is 9.16. The number of aromatic nitrogens is 1. The monoisotopic (exact) mass is 228 g/mol. The van der Waals surface area contributed by atoms with Crippen molar-refractivity contribution in [2.45, 2.75) is 12.8 Å². The van der Waals surface area contributed by atoms with E-state index < -0.39 is 5.97 Å². The molecule has 0 bridgehead atoms. The lowest BCUT2D eigenvalue weighted by atomic mass is 10.3. The van der Waals surface area contributed by atoms with Gasteiger partial charge in [-0.2, -0.15) is 0 Å². The molecule has 0 saturated heterocycles. The topological polar surface area (TPSA) is 70.5 Å². The van der Waals surface area contributed by atoms with E-state index in [4.69, 9.17) is 5.11 Å². The van der Waals surface area contributed by atoms with Crippen LogP contribution < -0.4 is 0 Å². The molecule has 0 fully saturated rings. The molecular formula is C9H12N2O3S. The molecule has 5 nitrogen and oxygen atoms in total. The van der Waals surface area contributed by atoms with Crippen molar-refractivity contribution in [2.24, 2.45) is 0 Å². The Morgan fingerprint density at radius 3 is 2.87 bits per heavy atom. The summed E-state index contributed by atoms with van der Waals surface area (Å²) in [5.41, 5.74) is 0. The van der Waals surface area contributed by atoms with E-state index in [1.807, 2.05) is 5.38 Å². The molecule has 1 amide bonds. The molecule has 0 aromatic carbocycles. The highest BCUT2D eigenvalue weighted by Crippen LogP contribution is 2.07. The Morgan fingerprint density at radius 1 is 1.60 bits per heavy atom. The second-order valence-corrected chi connectivity index (χ2v) is 4.05. The first kappa shape index (κ1) is 11.6. The normalized spacial score (nSPS) is 9.93. The number of hydrogen-bond donors (Lipinski definition) is 1. The molecule has 82 valence electrons. The fourth-order valence-corrected chi connectivity index (χ4v) is 1.69. The maximum absolute atomic E-state index is 11.4. The number of carbonyl (C=O) groups is 2. The fourth-order valence-electron chi connectivity index (χ4n) is 1.07. The maximum atomic E-state index is 11.4. The van der Waals surface area contributed by atoms with Gasteiger partial charge in [0.1, 0.15) is 6.54 Å². The third kappa shape index (κ3) is 4.07. The number of rotatable bonds is 5. The standard InChI is InChI=1S/C9H12N2O3S/c1-11(6-9(13)14)8(12)3-2-7-10-4-5-15-7/h4-5H,2-3,6H2,1H3,(H,13,14). The van der Waals surface area contributed by atoms with Crippen LogP contribution in [0.1, 0.15) is 11.4 Å². The van der Waals surface area contributed by atoms with Gasteiger partial charge in [-0.15, -0.1) is 11.3 Å². The van der Waals surface area contributed by atoms with Gasteiger partial charge in [-0.1, -0.05) is 0 Å². The molecule has 1 rings (SSSR count). The molecular weight excluding hydrogens is 216 g/mol. The molecule has 0 aliphatic carbocycles. The Kier molecular flexibility index (Phi) is 4.23. The summed E-state index contributed by atoms with van der Waals surface area (Å²) in [7, 11) is 1.48. The zero-order chi connectivity index (χ0) is 11.3. The van der Waals surface area contributed by atoms with Crippen LogP contribution >= 0.6 is 11.3 Å². The number of likely N-dealkylation sites (N-methyl/N-ethyl adjacent to an activating group) is 1. The number of carboxylic acid groups (broad SMARTS) is 1. The van der Waals surface area contributed by atoms with Gasteiger partial charge in [0.05, 0.1) is 5.01 Å². The number of hydrogen-bond acceptors (Lipinski definition) is 4. The van der Waals surface area contributed by atoms with Crippen LogP contribution in [-0.4, -0.2) is 40.5 Å². The number of carbonyl (C=O) groups excluding carboxylic acids is 1. The van der Waals surface area contributed by atoms with E-state index in [9.17, 15) is 9.59 Å². The average molecular weight is 228 g/mol. The van der Waals surface area contributed by atoms with Crippen LogP contribution in [0, 0.1) is 0 Å². The summed E-state index contributed by atoms with van der Waals surface area (Å²) in [6, 6.07) is 0. The Balaban J connectivity index is 2.32. The zero-order valence-electron chi connectivity index (χ0n) is 8.34. The molecule has 0 aliphatic heterocycles. The van der Waals surface area contributed by atoms with E-state index >= 15 is 0 Å². The Bertz CT molecular complexity index is 337. The smallest absolute Gasteiger partial charge is 0.323 e. The summed E-state index contributed by atoms with van der Waals surface area (Å²) in [5.74, 6) is -1.17. The summed E-state index contributed by atoms with van der Waals surface area (Å²) < 4.78 is 0. The van der Waals surface area contributed by atoms with Gasteiger partial charge >= 0.3 is 5.97 Å². The van der Waals surface area contributed by atoms with Crippen molar-refractivity contribution in [3.05, 3.63) is 16.6 Å². The minimum atomic E-state index is -1.000. The highest BCUT2D eigenvalue weighted by molar-refractivity contribution is 7.09. The Hall–Kier alpha value is -1.43. The number of aliphatic carboxylic acids is 1. The lowest BCUT2D eigenvalue weighted by Gasteiger charge is -2.13. The van der Waals surface area contributed by atoms with E-state index in [-0.39, 0.29) is 12.5 Å². The lowest BCUT2D eigenvalue weighted by Crippen LogP contribution is -2.32. The van der Waals surface area contributed by atoms with Crippen LogP contribution in [0.4, 0.5) is 0 Å². The average Bonchev–Trinajstić information content (AvgIpc) is 2.65. The summed E-state index contributed by atoms with van der Waals surface area (Å²) >= 11 is 1.49. The first-order chi connectivity index (χ1) is 7.09. The van der Waals surface area contributed by atoms with Crippen molar-refractivity contribution in [3.8, 4) is 0 Å². The van der Waals surface area contributed by atoms with E-state index in [1.165, 1.54) is 23.3 Å². The molecule has 1 heterocycles. The van der Waals surface area contributed by atoms with Crippen molar-refractivity contribution < 1.29 is 14.7 Å². The number of thiazole rings is 1. The molecule has 1 aromatic rings. The van der Waals surface area contributed by atoms with Crippen LogP contribution in [0.3, 0.4) is 0 Å². The predicted molar refractivity (Wildman–Crippen MR) is 55.7 cm³/mol. The molecule has 0 aliphatic rings. The summed E-state index contributed by atoms with van der Waals surface area (Å²) in [4.78, 5) is 27.0. The fraction of sp³-hybridized carbons (Fsp3) is 0.444. The Labute approximate surface area is 91.4 Å². The van der Waals surface area contributed by atoms with Crippen molar-refractivity contribution in [1.82, 2.24) is 9.88 Å². The number of carboxylic acids is 1. The highest BCUT2D eigenvalue weighted by atomic mass is 32.1. The number of aryl methyl sites for hydroxylation is 1. The molecule has 1 aromatic heterocycles. The van der Waals surface area contributed by atoms with E-state index in [0.29, 0.717) is 12.8 Å². The molecule has 6 heteroatoms. The van der Waals surface area contributed by atoms with Crippen molar-refractivity contribution in [1.29, 1.82) is 0 Å². The molecule has 1 N–H and O–H groups in total. The number of amides is 1. The Morgan fingerprint density at radius 2 is 2.33 bits per heavy atom. The predicted octanol–water partition coefficient (Wildman–Crippen LogP) is 0.619. The first-order valence-electron chi connectivity index (χ1n) is 4.43. The van der Waals surface area contributed by atoms with Crippen molar-refractivity contribution in [3.63, 3.8) is 0 Å². The third-order valence-corrected chi connectivity index (χ3v) is 2.67. The van der Waals surface area contributed by atoms with Crippen molar-refractivity contribution in [2.75, 3.05) is 13.6 Å². The minimum absolute atomic E-state index is 0.174. The quantitative estimate of drug-likeness (QED) is 0.802. The van der Waals surface area contributed by atoms with E-state index in [0.717, 1.165) is 5.01 Å². The van der Waals surface area contributed by atoms with Gasteiger partial charge in [0.2, 0.25) is 5.91 Å². The SMILES string of the molecule is CN(CC(=O)O)C(=O)CCc1nccs1. The van der Waals surface area contributed by atoms with E-state index in [2.05, 4.69) is 4.98 Å². The molecule has 0 spiro atoms. The molecule has 0 saturated carbocycles. The van der Waals surface area contributed by atoms with Crippen LogP contribution in [0.15, 0.2) is 11.6 Å². The maximum Gasteiger partial charge on any atom is 0.323 e. The van der Waals surface area contributed by atoms with Gasteiger partial charge in [-0.3, -0.25) is 9.59 Å².